The topological polar surface area (TPSA) is 3.24 Å². The van der Waals surface area contributed by atoms with Gasteiger partial charge < -0.3 is 4.57 Å². The van der Waals surface area contributed by atoms with Gasteiger partial charge in [-0.05, 0) is 27.8 Å². The van der Waals surface area contributed by atoms with E-state index in [1.54, 1.807) is 0 Å². The summed E-state index contributed by atoms with van der Waals surface area (Å²) >= 11 is 5.70. The first-order chi connectivity index (χ1) is 3.48. The zero-order valence-electron chi connectivity index (χ0n) is 6.03. The quantitative estimate of drug-likeness (QED) is 0.399. The van der Waals surface area contributed by atoms with Crippen molar-refractivity contribution in [3.05, 3.63) is 0 Å². The Balaban J connectivity index is 3.62. The zero-order valence-corrected chi connectivity index (χ0v) is 8.20. The highest BCUT2D eigenvalue weighted by Gasteiger charge is 2.14. The average Bonchev–Trinajstić information content (AvgIpc) is 1.62. The third kappa shape index (κ3) is 2.70. The van der Waals surface area contributed by atoms with Crippen LogP contribution in [0.3, 0.4) is 0 Å². The van der Waals surface area contributed by atoms with E-state index in [1.807, 2.05) is 0 Å². The van der Waals surface area contributed by atoms with Gasteiger partial charge in [-0.1, -0.05) is 0 Å². The van der Waals surface area contributed by atoms with Crippen LogP contribution >= 0.6 is 11.1 Å². The SMILES string of the molecule is CN([SiH2]Cl)C(C)(C)C. The van der Waals surface area contributed by atoms with Gasteiger partial charge in [0.2, 0.25) is 0 Å². The molecular weight excluding hydrogens is 138 g/mol. The lowest BCUT2D eigenvalue weighted by Crippen LogP contribution is -2.38. The first kappa shape index (κ1) is 8.47. The molecule has 0 spiro atoms. The normalized spacial score (nSPS) is 14.2. The molecule has 0 aliphatic carbocycles. The summed E-state index contributed by atoms with van der Waals surface area (Å²) < 4.78 is 2.22. The summed E-state index contributed by atoms with van der Waals surface area (Å²) in [4.78, 5) is 0. The van der Waals surface area contributed by atoms with Crippen molar-refractivity contribution in [3.63, 3.8) is 0 Å². The summed E-state index contributed by atoms with van der Waals surface area (Å²) in [5.41, 5.74) is 0.272. The van der Waals surface area contributed by atoms with Gasteiger partial charge in [-0.15, -0.1) is 0 Å². The molecule has 0 heterocycles. The molecule has 0 atom stereocenters. The Kier molecular flexibility index (Phi) is 3.02. The maximum absolute atomic E-state index is 5.70. The number of nitrogens with zero attached hydrogens (tertiary/aromatic N) is 1. The van der Waals surface area contributed by atoms with Crippen molar-refractivity contribution in [2.75, 3.05) is 7.05 Å². The Labute approximate surface area is 58.6 Å². The van der Waals surface area contributed by atoms with Crippen molar-refractivity contribution in [2.45, 2.75) is 26.3 Å². The second kappa shape index (κ2) is 2.85. The molecule has 0 unspecified atom stereocenters. The molecule has 0 fully saturated rings. The van der Waals surface area contributed by atoms with Gasteiger partial charge in [0.05, 0.1) is 0 Å². The molecule has 0 saturated heterocycles. The third-order valence-corrected chi connectivity index (χ3v) is 3.71. The number of hydrogen-bond donors (Lipinski definition) is 0. The Bertz CT molecular complexity index is 69.3. The van der Waals surface area contributed by atoms with Crippen LogP contribution in [-0.2, 0) is 0 Å². The van der Waals surface area contributed by atoms with E-state index in [0.29, 0.717) is 0 Å². The minimum absolute atomic E-state index is 0.272. The molecule has 0 aromatic rings. The lowest BCUT2D eigenvalue weighted by atomic mass is 10.1. The third-order valence-electron chi connectivity index (χ3n) is 1.32. The Hall–Kier alpha value is 0.467. The van der Waals surface area contributed by atoms with Crippen LogP contribution in [0.1, 0.15) is 20.8 Å². The smallest absolute Gasteiger partial charge is 0.198 e. The van der Waals surface area contributed by atoms with Gasteiger partial charge in [0.25, 0.3) is 0 Å². The van der Waals surface area contributed by atoms with Crippen LogP contribution < -0.4 is 0 Å². The van der Waals surface area contributed by atoms with Crippen molar-refractivity contribution in [3.8, 4) is 0 Å². The van der Waals surface area contributed by atoms with Crippen molar-refractivity contribution < 1.29 is 0 Å². The minimum atomic E-state index is -0.460. The highest BCUT2D eigenvalue weighted by atomic mass is 35.6. The molecule has 0 aromatic carbocycles. The summed E-state index contributed by atoms with van der Waals surface area (Å²) in [5, 5.41) is 0. The molecule has 3 heteroatoms. The maximum atomic E-state index is 5.70. The van der Waals surface area contributed by atoms with E-state index < -0.39 is 8.99 Å². The van der Waals surface area contributed by atoms with Crippen molar-refractivity contribution in [1.82, 2.24) is 4.57 Å². The predicted octanol–water partition coefficient (Wildman–Crippen LogP) is 0.954. The molecule has 0 bridgehead atoms. The van der Waals surface area contributed by atoms with Gasteiger partial charge in [0, 0.05) is 5.54 Å². The van der Waals surface area contributed by atoms with E-state index in [2.05, 4.69) is 32.4 Å². The van der Waals surface area contributed by atoms with Gasteiger partial charge in [0.15, 0.2) is 8.99 Å². The van der Waals surface area contributed by atoms with Crippen LogP contribution in [-0.4, -0.2) is 26.1 Å². The lowest BCUT2D eigenvalue weighted by Gasteiger charge is -2.29. The minimum Gasteiger partial charge on any atom is -0.315 e. The second-order valence-corrected chi connectivity index (χ2v) is 4.89. The fourth-order valence-corrected chi connectivity index (χ4v) is 1.61. The highest BCUT2D eigenvalue weighted by molar-refractivity contribution is 6.92. The van der Waals surface area contributed by atoms with Gasteiger partial charge >= 0.3 is 0 Å². The molecule has 0 N–H and O–H groups in total. The van der Waals surface area contributed by atoms with Crippen LogP contribution in [0.4, 0.5) is 0 Å². The van der Waals surface area contributed by atoms with Crippen molar-refractivity contribution in [1.29, 1.82) is 0 Å². The summed E-state index contributed by atoms with van der Waals surface area (Å²) in [5.74, 6) is 0. The fraction of sp³-hybridized carbons (Fsp3) is 1.00. The van der Waals surface area contributed by atoms with Crippen LogP contribution in [0.5, 0.6) is 0 Å². The molecular formula is C5H14ClNSi. The molecule has 0 aliphatic rings. The van der Waals surface area contributed by atoms with Gasteiger partial charge in [-0.3, -0.25) is 0 Å². The Morgan fingerprint density at radius 3 is 1.75 bits per heavy atom. The van der Waals surface area contributed by atoms with Gasteiger partial charge in [-0.25, -0.2) is 0 Å². The maximum Gasteiger partial charge on any atom is 0.198 e. The zero-order chi connectivity index (χ0) is 6.78. The predicted molar refractivity (Wildman–Crippen MR) is 41.9 cm³/mol. The van der Waals surface area contributed by atoms with E-state index >= 15 is 0 Å². The molecule has 8 heavy (non-hydrogen) atoms. The second-order valence-electron chi connectivity index (χ2n) is 2.99. The molecule has 0 rings (SSSR count). The van der Waals surface area contributed by atoms with Crippen LogP contribution in [0.25, 0.3) is 0 Å². The summed E-state index contributed by atoms with van der Waals surface area (Å²) in [7, 11) is 1.61. The molecule has 0 amide bonds. The Morgan fingerprint density at radius 1 is 1.38 bits per heavy atom. The molecule has 50 valence electrons. The van der Waals surface area contributed by atoms with E-state index in [1.165, 1.54) is 0 Å². The Morgan fingerprint density at radius 2 is 1.75 bits per heavy atom. The van der Waals surface area contributed by atoms with E-state index in [-0.39, 0.29) is 5.54 Å². The standard InChI is InChI=1S/C5H14ClNSi/c1-5(2,3)7(4)8-6/h8H2,1-4H3. The summed E-state index contributed by atoms with van der Waals surface area (Å²) in [6, 6.07) is 0. The average molecular weight is 152 g/mol. The van der Waals surface area contributed by atoms with E-state index in [0.717, 1.165) is 0 Å². The van der Waals surface area contributed by atoms with Crippen LogP contribution in [0.15, 0.2) is 0 Å². The highest BCUT2D eigenvalue weighted by Crippen LogP contribution is 2.08. The summed E-state index contributed by atoms with van der Waals surface area (Å²) in [6.07, 6.45) is 0. The molecule has 0 aromatic heterocycles. The van der Waals surface area contributed by atoms with Crippen LogP contribution in [0, 0.1) is 0 Å². The molecule has 0 radical (unpaired) electrons. The monoisotopic (exact) mass is 151 g/mol. The van der Waals surface area contributed by atoms with Crippen molar-refractivity contribution in [2.24, 2.45) is 0 Å². The lowest BCUT2D eigenvalue weighted by molar-refractivity contribution is 0.304. The number of rotatable bonds is 1. The molecule has 0 saturated carbocycles. The first-order valence-electron chi connectivity index (χ1n) is 2.75. The number of halogens is 1. The number of hydrogen-bond acceptors (Lipinski definition) is 1. The molecule has 1 nitrogen and oxygen atoms in total. The fourth-order valence-electron chi connectivity index (χ4n) is 0.179. The van der Waals surface area contributed by atoms with E-state index in [9.17, 15) is 0 Å². The van der Waals surface area contributed by atoms with Gasteiger partial charge in [0.1, 0.15) is 0 Å². The molecule has 0 aliphatic heterocycles. The van der Waals surface area contributed by atoms with Crippen molar-refractivity contribution >= 4 is 20.1 Å². The first-order valence-corrected chi connectivity index (χ1v) is 5.52. The summed E-state index contributed by atoms with van der Waals surface area (Å²) in [6.45, 7) is 6.51. The van der Waals surface area contributed by atoms with Gasteiger partial charge in [-0.2, -0.15) is 11.1 Å². The largest absolute Gasteiger partial charge is 0.315 e. The van der Waals surface area contributed by atoms with E-state index in [4.69, 9.17) is 11.1 Å². The van der Waals surface area contributed by atoms with Crippen LogP contribution in [0.2, 0.25) is 0 Å².